The van der Waals surface area contributed by atoms with Crippen molar-refractivity contribution in [3.8, 4) is 11.5 Å². The van der Waals surface area contributed by atoms with Gasteiger partial charge in [0.05, 0.1) is 6.61 Å². The van der Waals surface area contributed by atoms with Gasteiger partial charge in [0.1, 0.15) is 13.2 Å². The molecule has 0 unspecified atom stereocenters. The fraction of sp³-hybridized carbons (Fsp3) is 0.400. The maximum absolute atomic E-state index is 8.74. The molecule has 0 radical (unpaired) electrons. The van der Waals surface area contributed by atoms with E-state index in [4.69, 9.17) is 20.3 Å². The molecule has 3 N–H and O–H groups in total. The zero-order chi connectivity index (χ0) is 10.7. The lowest BCUT2D eigenvalue weighted by molar-refractivity contribution is 0.171. The standard InChI is InChI=1S/C10H13NO3S/c11-7-5-8-9(14-3-2-13-8)6-10(7)15-4-1-12/h5-6,12H,1-4,11H2. The molecule has 0 saturated carbocycles. The van der Waals surface area contributed by atoms with Crippen LogP contribution in [0.1, 0.15) is 0 Å². The van der Waals surface area contributed by atoms with Crippen molar-refractivity contribution in [3.05, 3.63) is 12.1 Å². The largest absolute Gasteiger partial charge is 0.486 e. The van der Waals surface area contributed by atoms with Crippen molar-refractivity contribution >= 4 is 17.4 Å². The second kappa shape index (κ2) is 4.63. The van der Waals surface area contributed by atoms with Gasteiger partial charge in [-0.15, -0.1) is 11.8 Å². The Morgan fingerprint density at radius 3 is 2.60 bits per heavy atom. The average molecular weight is 227 g/mol. The molecular formula is C10H13NO3S. The predicted molar refractivity (Wildman–Crippen MR) is 59.7 cm³/mol. The van der Waals surface area contributed by atoms with E-state index in [1.54, 1.807) is 6.07 Å². The smallest absolute Gasteiger partial charge is 0.163 e. The minimum Gasteiger partial charge on any atom is -0.486 e. The number of rotatable bonds is 3. The highest BCUT2D eigenvalue weighted by atomic mass is 32.2. The van der Waals surface area contributed by atoms with Crippen molar-refractivity contribution in [2.75, 3.05) is 31.3 Å². The van der Waals surface area contributed by atoms with Gasteiger partial charge in [-0.3, -0.25) is 0 Å². The summed E-state index contributed by atoms with van der Waals surface area (Å²) in [4.78, 5) is 0.924. The van der Waals surface area contributed by atoms with Crippen molar-refractivity contribution in [1.82, 2.24) is 0 Å². The zero-order valence-electron chi connectivity index (χ0n) is 8.23. The molecule has 0 aromatic heterocycles. The summed E-state index contributed by atoms with van der Waals surface area (Å²) in [6.45, 7) is 1.27. The van der Waals surface area contributed by atoms with Gasteiger partial charge in [-0.05, 0) is 6.07 Å². The number of anilines is 1. The van der Waals surface area contributed by atoms with Crippen LogP contribution in [-0.2, 0) is 0 Å². The lowest BCUT2D eigenvalue weighted by atomic mass is 10.2. The van der Waals surface area contributed by atoms with E-state index >= 15 is 0 Å². The van der Waals surface area contributed by atoms with Crippen LogP contribution < -0.4 is 15.2 Å². The first-order valence-electron chi connectivity index (χ1n) is 4.74. The highest BCUT2D eigenvalue weighted by Gasteiger charge is 2.14. The molecule has 5 heteroatoms. The van der Waals surface area contributed by atoms with Crippen LogP contribution >= 0.6 is 11.8 Å². The van der Waals surface area contributed by atoms with Crippen LogP contribution in [0.15, 0.2) is 17.0 Å². The fourth-order valence-electron chi connectivity index (χ4n) is 1.37. The molecule has 1 aliphatic rings. The molecule has 1 heterocycles. The van der Waals surface area contributed by atoms with Crippen molar-refractivity contribution in [3.63, 3.8) is 0 Å². The summed E-state index contributed by atoms with van der Waals surface area (Å²) in [5, 5.41) is 8.74. The number of aliphatic hydroxyl groups is 1. The maximum Gasteiger partial charge on any atom is 0.163 e. The maximum atomic E-state index is 8.74. The van der Waals surface area contributed by atoms with Crippen LogP contribution in [-0.4, -0.2) is 30.7 Å². The molecule has 0 fully saturated rings. The van der Waals surface area contributed by atoms with Gasteiger partial charge < -0.3 is 20.3 Å². The molecule has 2 rings (SSSR count). The highest BCUT2D eigenvalue weighted by Crippen LogP contribution is 2.38. The van der Waals surface area contributed by atoms with E-state index in [2.05, 4.69) is 0 Å². The van der Waals surface area contributed by atoms with Crippen molar-refractivity contribution in [2.24, 2.45) is 0 Å². The van der Waals surface area contributed by atoms with Crippen molar-refractivity contribution in [2.45, 2.75) is 4.90 Å². The Hall–Kier alpha value is -1.07. The van der Waals surface area contributed by atoms with E-state index in [1.165, 1.54) is 11.8 Å². The first-order valence-corrected chi connectivity index (χ1v) is 5.72. The van der Waals surface area contributed by atoms with E-state index in [0.717, 1.165) is 10.6 Å². The Balaban J connectivity index is 2.24. The molecule has 0 saturated heterocycles. The molecule has 1 aliphatic heterocycles. The molecule has 1 aromatic carbocycles. The predicted octanol–water partition coefficient (Wildman–Crippen LogP) is 1.12. The Bertz CT molecular complexity index is 357. The van der Waals surface area contributed by atoms with Gasteiger partial charge in [-0.1, -0.05) is 0 Å². The number of hydrogen-bond acceptors (Lipinski definition) is 5. The van der Waals surface area contributed by atoms with Crippen LogP contribution in [0.3, 0.4) is 0 Å². The topological polar surface area (TPSA) is 64.7 Å². The number of nitrogens with two attached hydrogens (primary N) is 1. The molecule has 0 amide bonds. The molecule has 0 spiro atoms. The zero-order valence-corrected chi connectivity index (χ0v) is 9.05. The summed E-state index contributed by atoms with van der Waals surface area (Å²) >= 11 is 1.51. The fourth-order valence-corrected chi connectivity index (χ4v) is 2.09. The van der Waals surface area contributed by atoms with Gasteiger partial charge in [0.15, 0.2) is 11.5 Å². The number of aliphatic hydroxyl groups excluding tert-OH is 1. The van der Waals surface area contributed by atoms with E-state index in [-0.39, 0.29) is 6.61 Å². The van der Waals surface area contributed by atoms with Crippen LogP contribution in [0.5, 0.6) is 11.5 Å². The molecule has 0 atom stereocenters. The molecule has 4 nitrogen and oxygen atoms in total. The first-order chi connectivity index (χ1) is 7.31. The minimum absolute atomic E-state index is 0.137. The Morgan fingerprint density at radius 2 is 1.93 bits per heavy atom. The summed E-state index contributed by atoms with van der Waals surface area (Å²) < 4.78 is 10.8. The van der Waals surface area contributed by atoms with E-state index in [1.807, 2.05) is 6.07 Å². The molecule has 82 valence electrons. The molecule has 1 aromatic rings. The van der Waals surface area contributed by atoms with Gasteiger partial charge in [0, 0.05) is 22.4 Å². The van der Waals surface area contributed by atoms with E-state index in [9.17, 15) is 0 Å². The second-order valence-corrected chi connectivity index (χ2v) is 4.24. The van der Waals surface area contributed by atoms with E-state index < -0.39 is 0 Å². The monoisotopic (exact) mass is 227 g/mol. The first kappa shape index (κ1) is 10.4. The highest BCUT2D eigenvalue weighted by molar-refractivity contribution is 7.99. The van der Waals surface area contributed by atoms with Crippen LogP contribution in [0.4, 0.5) is 5.69 Å². The molecular weight excluding hydrogens is 214 g/mol. The van der Waals surface area contributed by atoms with Crippen LogP contribution in [0, 0.1) is 0 Å². The van der Waals surface area contributed by atoms with Gasteiger partial charge in [-0.2, -0.15) is 0 Å². The Labute approximate surface area is 92.4 Å². The quantitative estimate of drug-likeness (QED) is 0.598. The lowest BCUT2D eigenvalue weighted by Crippen LogP contribution is -2.15. The number of thioether (sulfide) groups is 1. The van der Waals surface area contributed by atoms with Gasteiger partial charge in [-0.25, -0.2) is 0 Å². The van der Waals surface area contributed by atoms with Gasteiger partial charge in [0.2, 0.25) is 0 Å². The summed E-state index contributed by atoms with van der Waals surface area (Å²) in [7, 11) is 0. The summed E-state index contributed by atoms with van der Waals surface area (Å²) in [6.07, 6.45) is 0. The number of nitrogen functional groups attached to an aromatic ring is 1. The normalized spacial score (nSPS) is 13.9. The average Bonchev–Trinajstić information content (AvgIpc) is 2.26. The third-order valence-corrected chi connectivity index (χ3v) is 3.07. The lowest BCUT2D eigenvalue weighted by Gasteiger charge is -2.19. The van der Waals surface area contributed by atoms with Crippen LogP contribution in [0.25, 0.3) is 0 Å². The Kier molecular flexibility index (Phi) is 3.23. The summed E-state index contributed by atoms with van der Waals surface area (Å²) in [5.74, 6) is 2.06. The second-order valence-electron chi connectivity index (χ2n) is 3.11. The van der Waals surface area contributed by atoms with Crippen molar-refractivity contribution < 1.29 is 14.6 Å². The summed E-state index contributed by atoms with van der Waals surface area (Å²) in [6, 6.07) is 3.64. The van der Waals surface area contributed by atoms with E-state index in [0.29, 0.717) is 30.4 Å². The molecule has 0 bridgehead atoms. The van der Waals surface area contributed by atoms with Gasteiger partial charge >= 0.3 is 0 Å². The SMILES string of the molecule is Nc1cc2c(cc1SCCO)OCCO2. The number of ether oxygens (including phenoxy) is 2. The Morgan fingerprint density at radius 1 is 1.27 bits per heavy atom. The van der Waals surface area contributed by atoms with Crippen molar-refractivity contribution in [1.29, 1.82) is 0 Å². The number of fused-ring (bicyclic) bond motifs is 1. The van der Waals surface area contributed by atoms with Gasteiger partial charge in [0.25, 0.3) is 0 Å². The summed E-state index contributed by atoms with van der Waals surface area (Å²) in [5.41, 5.74) is 6.51. The number of benzene rings is 1. The number of hydrogen-bond donors (Lipinski definition) is 2. The third-order valence-electron chi connectivity index (χ3n) is 2.02. The third kappa shape index (κ3) is 2.30. The molecule has 0 aliphatic carbocycles. The minimum atomic E-state index is 0.137. The molecule has 15 heavy (non-hydrogen) atoms. The van der Waals surface area contributed by atoms with Crippen LogP contribution in [0.2, 0.25) is 0 Å².